The number of carbonyl (C=O) groups excluding carboxylic acids is 2. The predicted molar refractivity (Wildman–Crippen MR) is 129 cm³/mol. The van der Waals surface area contributed by atoms with E-state index in [1.807, 2.05) is 35.7 Å². The number of rotatable bonds is 6. The van der Waals surface area contributed by atoms with E-state index in [0.717, 1.165) is 62.3 Å². The average Bonchev–Trinajstić information content (AvgIpc) is 3.48. The van der Waals surface area contributed by atoms with Crippen LogP contribution in [0.3, 0.4) is 0 Å². The second kappa shape index (κ2) is 9.40. The normalized spacial score (nSPS) is 16.9. The number of benzene rings is 1. The van der Waals surface area contributed by atoms with Gasteiger partial charge in [0.05, 0.1) is 5.69 Å². The first-order valence-electron chi connectivity index (χ1n) is 12.1. The fraction of sp³-hybridized carbons (Fsp3) is 0.480. The van der Waals surface area contributed by atoms with Crippen molar-refractivity contribution < 1.29 is 9.59 Å². The second-order valence-electron chi connectivity index (χ2n) is 9.40. The number of nitrogens with zero attached hydrogens (tertiary/aromatic N) is 5. The van der Waals surface area contributed by atoms with Crippen LogP contribution in [0.15, 0.2) is 30.6 Å². The summed E-state index contributed by atoms with van der Waals surface area (Å²) in [5.74, 6) is 1.43. The van der Waals surface area contributed by atoms with Crippen molar-refractivity contribution in [1.29, 1.82) is 0 Å². The molecule has 1 saturated heterocycles. The van der Waals surface area contributed by atoms with Crippen molar-refractivity contribution in [3.05, 3.63) is 53.0 Å². The third-order valence-electron chi connectivity index (χ3n) is 6.82. The number of anilines is 1. The Morgan fingerprint density at radius 1 is 1.15 bits per heavy atom. The molecular weight excluding hydrogens is 430 g/mol. The monoisotopic (exact) mass is 461 g/mol. The summed E-state index contributed by atoms with van der Waals surface area (Å²) < 4.78 is 1.86. The van der Waals surface area contributed by atoms with Crippen molar-refractivity contribution in [2.45, 2.75) is 64.5 Å². The molecule has 1 aliphatic heterocycles. The largest absolute Gasteiger partial charge is 0.356 e. The summed E-state index contributed by atoms with van der Waals surface area (Å²) in [6.45, 7) is 5.12. The maximum atomic E-state index is 13.1. The molecule has 0 saturated carbocycles. The second-order valence-corrected chi connectivity index (χ2v) is 9.40. The van der Waals surface area contributed by atoms with E-state index in [1.54, 1.807) is 6.33 Å². The van der Waals surface area contributed by atoms with Gasteiger partial charge in [0.2, 0.25) is 11.8 Å². The first kappa shape index (κ1) is 22.3. The number of hydrogen-bond donors (Lipinski definition) is 2. The molecule has 0 spiro atoms. The predicted octanol–water partition coefficient (Wildman–Crippen LogP) is 1.75. The highest BCUT2D eigenvalue weighted by atomic mass is 16.2. The lowest BCUT2D eigenvalue weighted by Crippen LogP contribution is -2.52. The van der Waals surface area contributed by atoms with Crippen molar-refractivity contribution in [2.75, 3.05) is 18.0 Å². The topological polar surface area (TPSA) is 105 Å². The molecule has 34 heavy (non-hydrogen) atoms. The van der Waals surface area contributed by atoms with Crippen LogP contribution in [0.25, 0.3) is 5.78 Å². The molecule has 9 heteroatoms. The van der Waals surface area contributed by atoms with E-state index in [0.29, 0.717) is 12.2 Å². The van der Waals surface area contributed by atoms with Crippen LogP contribution in [-0.4, -0.2) is 56.6 Å². The van der Waals surface area contributed by atoms with Crippen LogP contribution in [-0.2, 0) is 28.9 Å². The van der Waals surface area contributed by atoms with E-state index in [4.69, 9.17) is 0 Å². The molecule has 2 aromatic heterocycles. The van der Waals surface area contributed by atoms with Crippen LogP contribution in [0.4, 0.5) is 5.82 Å². The van der Waals surface area contributed by atoms with Gasteiger partial charge in [0.15, 0.2) is 0 Å². The fourth-order valence-corrected chi connectivity index (χ4v) is 5.08. The van der Waals surface area contributed by atoms with E-state index >= 15 is 0 Å². The minimum absolute atomic E-state index is 0.0687. The standard InChI is InChI=1S/C25H31N7O2/c1-16-6-8-18(9-7-16)14-22(28-17(2)33)23(34)29-19-10-12-31(13-11-19)24-20-4-3-5-21(20)30-25-26-15-27-32(24)25/h6-9,15,19,22H,3-5,10-14H2,1-2H3,(H,28,33)(H,29,34)/t22-/m1/s1. The van der Waals surface area contributed by atoms with Crippen LogP contribution in [0.2, 0.25) is 0 Å². The summed E-state index contributed by atoms with van der Waals surface area (Å²) in [5, 5.41) is 10.4. The van der Waals surface area contributed by atoms with E-state index in [2.05, 4.69) is 30.6 Å². The Balaban J connectivity index is 1.24. The molecule has 9 nitrogen and oxygen atoms in total. The Bertz CT molecular complexity index is 1200. The van der Waals surface area contributed by atoms with Gasteiger partial charge in [-0.1, -0.05) is 29.8 Å². The molecule has 178 valence electrons. The summed E-state index contributed by atoms with van der Waals surface area (Å²) in [5.41, 5.74) is 4.61. The van der Waals surface area contributed by atoms with Gasteiger partial charge < -0.3 is 15.5 Å². The first-order valence-corrected chi connectivity index (χ1v) is 12.1. The first-order chi connectivity index (χ1) is 16.5. The highest BCUT2D eigenvalue weighted by Gasteiger charge is 2.29. The minimum atomic E-state index is -0.587. The van der Waals surface area contributed by atoms with E-state index in [-0.39, 0.29) is 17.9 Å². The van der Waals surface area contributed by atoms with Gasteiger partial charge >= 0.3 is 0 Å². The zero-order valence-electron chi connectivity index (χ0n) is 19.8. The van der Waals surface area contributed by atoms with Crippen LogP contribution in [0.5, 0.6) is 0 Å². The molecule has 1 aromatic carbocycles. The highest BCUT2D eigenvalue weighted by molar-refractivity contribution is 5.87. The molecule has 0 radical (unpaired) electrons. The van der Waals surface area contributed by atoms with Crippen molar-refractivity contribution in [1.82, 2.24) is 30.2 Å². The lowest BCUT2D eigenvalue weighted by molar-refractivity contribution is -0.128. The number of fused-ring (bicyclic) bond motifs is 2. The van der Waals surface area contributed by atoms with E-state index in [9.17, 15) is 9.59 Å². The van der Waals surface area contributed by atoms with Crippen LogP contribution >= 0.6 is 0 Å². The summed E-state index contributed by atoms with van der Waals surface area (Å²) in [4.78, 5) is 36.2. The molecule has 2 N–H and O–H groups in total. The van der Waals surface area contributed by atoms with Crippen molar-refractivity contribution in [2.24, 2.45) is 0 Å². The SMILES string of the molecule is CC(=O)N[C@H](Cc1ccc(C)cc1)C(=O)NC1CCN(c2c3c(nc4ncnn24)CCC3)CC1. The maximum Gasteiger partial charge on any atom is 0.254 e. The Hall–Kier alpha value is -3.49. The molecule has 2 aliphatic rings. The van der Waals surface area contributed by atoms with Crippen LogP contribution in [0, 0.1) is 6.92 Å². The smallest absolute Gasteiger partial charge is 0.254 e. The lowest BCUT2D eigenvalue weighted by Gasteiger charge is -2.35. The number of hydrogen-bond acceptors (Lipinski definition) is 6. The minimum Gasteiger partial charge on any atom is -0.356 e. The Morgan fingerprint density at radius 2 is 1.91 bits per heavy atom. The highest BCUT2D eigenvalue weighted by Crippen LogP contribution is 2.32. The van der Waals surface area contributed by atoms with Gasteiger partial charge in [-0.15, -0.1) is 0 Å². The van der Waals surface area contributed by atoms with E-state index < -0.39 is 6.04 Å². The molecule has 1 fully saturated rings. The molecule has 2 amide bonds. The van der Waals surface area contributed by atoms with Crippen LogP contribution in [0.1, 0.15) is 48.6 Å². The fourth-order valence-electron chi connectivity index (χ4n) is 5.08. The molecule has 3 aromatic rings. The van der Waals surface area contributed by atoms with Crippen molar-refractivity contribution in [3.8, 4) is 0 Å². The Morgan fingerprint density at radius 3 is 2.65 bits per heavy atom. The average molecular weight is 462 g/mol. The summed E-state index contributed by atoms with van der Waals surface area (Å²) in [7, 11) is 0. The van der Waals surface area contributed by atoms with Gasteiger partial charge in [-0.25, -0.2) is 4.98 Å². The summed E-state index contributed by atoms with van der Waals surface area (Å²) in [6.07, 6.45) is 6.81. The van der Waals surface area contributed by atoms with Gasteiger partial charge in [-0.2, -0.15) is 14.6 Å². The molecule has 1 aliphatic carbocycles. The molecule has 0 unspecified atom stereocenters. The number of carbonyl (C=O) groups is 2. The van der Waals surface area contributed by atoms with Crippen molar-refractivity contribution in [3.63, 3.8) is 0 Å². The number of piperidine rings is 1. The quantitative estimate of drug-likeness (QED) is 0.580. The number of nitrogens with one attached hydrogen (secondary N) is 2. The number of aromatic nitrogens is 4. The molecular formula is C25H31N7O2. The van der Waals surface area contributed by atoms with Crippen LogP contribution < -0.4 is 15.5 Å². The van der Waals surface area contributed by atoms with Crippen molar-refractivity contribution >= 4 is 23.4 Å². The number of amides is 2. The Labute approximate surface area is 199 Å². The lowest BCUT2D eigenvalue weighted by atomic mass is 10.0. The van der Waals surface area contributed by atoms with Gasteiger partial charge in [0, 0.05) is 38.0 Å². The van der Waals surface area contributed by atoms with Gasteiger partial charge in [0.1, 0.15) is 18.2 Å². The van der Waals surface area contributed by atoms with Gasteiger partial charge in [0.25, 0.3) is 5.78 Å². The summed E-state index contributed by atoms with van der Waals surface area (Å²) in [6, 6.07) is 7.54. The molecule has 0 bridgehead atoms. The summed E-state index contributed by atoms with van der Waals surface area (Å²) >= 11 is 0. The molecule has 3 heterocycles. The third-order valence-corrected chi connectivity index (χ3v) is 6.82. The third kappa shape index (κ3) is 4.60. The zero-order valence-corrected chi connectivity index (χ0v) is 19.8. The number of aryl methyl sites for hydroxylation is 2. The van der Waals surface area contributed by atoms with E-state index in [1.165, 1.54) is 18.1 Å². The maximum absolute atomic E-state index is 13.1. The zero-order chi connectivity index (χ0) is 23.7. The molecule has 1 atom stereocenters. The van der Waals surface area contributed by atoms with Gasteiger partial charge in [-0.05, 0) is 44.6 Å². The Kier molecular flexibility index (Phi) is 6.17. The molecule has 5 rings (SSSR count). The van der Waals surface area contributed by atoms with Gasteiger partial charge in [-0.3, -0.25) is 9.59 Å².